The highest BCUT2D eigenvalue weighted by atomic mass is 16.4. The van der Waals surface area contributed by atoms with Gasteiger partial charge in [-0.3, -0.25) is 0 Å². The van der Waals surface area contributed by atoms with Crippen molar-refractivity contribution in [3.8, 4) is 0 Å². The number of nitrogens with zero attached hydrogens (tertiary/aromatic N) is 2. The molecule has 5 heteroatoms. The van der Waals surface area contributed by atoms with Crippen LogP contribution in [0.4, 0.5) is 4.79 Å². The molecule has 0 bridgehead atoms. The van der Waals surface area contributed by atoms with E-state index in [0.717, 1.165) is 6.42 Å². The van der Waals surface area contributed by atoms with Gasteiger partial charge in [-0.15, -0.1) is 0 Å². The van der Waals surface area contributed by atoms with Crippen LogP contribution < -0.4 is 0 Å². The van der Waals surface area contributed by atoms with Crippen molar-refractivity contribution in [2.75, 3.05) is 19.6 Å². The maximum atomic E-state index is 11.6. The Balaban J connectivity index is 2.73. The lowest BCUT2D eigenvalue weighted by atomic mass is 10.3. The summed E-state index contributed by atoms with van der Waals surface area (Å²) in [5, 5.41) is 8.90. The number of carboxylic acid groups (broad SMARTS) is 1. The van der Waals surface area contributed by atoms with E-state index < -0.39 is 12.0 Å². The molecule has 1 fully saturated rings. The molecule has 1 heterocycles. The van der Waals surface area contributed by atoms with Crippen molar-refractivity contribution in [3.05, 3.63) is 0 Å². The molecule has 1 rings (SSSR count). The van der Waals surface area contributed by atoms with E-state index in [1.807, 2.05) is 6.92 Å². The molecule has 5 nitrogen and oxygen atoms in total. The number of likely N-dealkylation sites (N-methyl/N-ethyl adjacent to an activating group) is 1. The lowest BCUT2D eigenvalue weighted by Gasteiger charge is -2.17. The van der Waals surface area contributed by atoms with Crippen LogP contribution in [0.2, 0.25) is 0 Å². The maximum absolute atomic E-state index is 11.6. The van der Waals surface area contributed by atoms with Crippen LogP contribution in [0.1, 0.15) is 20.3 Å². The SMILES string of the molecule is CCCN1C[C@@H](C(=O)O)N(CC)C1=O. The fraction of sp³-hybridized carbons (Fsp3) is 0.778. The molecule has 0 unspecified atom stereocenters. The lowest BCUT2D eigenvalue weighted by Crippen LogP contribution is -2.39. The Bertz CT molecular complexity index is 242. The predicted octanol–water partition coefficient (Wildman–Crippen LogP) is 0.607. The summed E-state index contributed by atoms with van der Waals surface area (Å²) in [4.78, 5) is 25.5. The van der Waals surface area contributed by atoms with E-state index in [2.05, 4.69) is 0 Å². The fourth-order valence-electron chi connectivity index (χ4n) is 1.72. The number of amides is 2. The van der Waals surface area contributed by atoms with Crippen LogP contribution in [0.15, 0.2) is 0 Å². The molecule has 0 spiro atoms. The molecule has 80 valence electrons. The Hall–Kier alpha value is -1.26. The van der Waals surface area contributed by atoms with E-state index in [-0.39, 0.29) is 6.03 Å². The fourth-order valence-corrected chi connectivity index (χ4v) is 1.72. The highest BCUT2D eigenvalue weighted by molar-refractivity contribution is 5.86. The molecule has 1 N–H and O–H groups in total. The Labute approximate surface area is 83.3 Å². The van der Waals surface area contributed by atoms with E-state index in [9.17, 15) is 9.59 Å². The minimum absolute atomic E-state index is 0.151. The van der Waals surface area contributed by atoms with Gasteiger partial charge < -0.3 is 14.9 Å². The second-order valence-electron chi connectivity index (χ2n) is 3.37. The number of rotatable bonds is 4. The Morgan fingerprint density at radius 3 is 2.57 bits per heavy atom. The van der Waals surface area contributed by atoms with Crippen molar-refractivity contribution < 1.29 is 14.7 Å². The molecule has 14 heavy (non-hydrogen) atoms. The summed E-state index contributed by atoms with van der Waals surface area (Å²) < 4.78 is 0. The third-order valence-electron chi connectivity index (χ3n) is 2.41. The number of aliphatic carboxylic acids is 1. The number of urea groups is 1. The molecule has 1 aliphatic heterocycles. The number of hydrogen-bond donors (Lipinski definition) is 1. The van der Waals surface area contributed by atoms with Crippen molar-refractivity contribution in [2.24, 2.45) is 0 Å². The molecule has 1 saturated heterocycles. The normalized spacial score (nSPS) is 21.9. The molecule has 0 radical (unpaired) electrons. The largest absolute Gasteiger partial charge is 0.480 e. The summed E-state index contributed by atoms with van der Waals surface area (Å²) in [5.41, 5.74) is 0. The highest BCUT2D eigenvalue weighted by Gasteiger charge is 2.39. The zero-order valence-corrected chi connectivity index (χ0v) is 8.56. The van der Waals surface area contributed by atoms with Crippen LogP contribution in [-0.2, 0) is 4.79 Å². The topological polar surface area (TPSA) is 60.9 Å². The van der Waals surface area contributed by atoms with Gasteiger partial charge in [0.2, 0.25) is 0 Å². The van der Waals surface area contributed by atoms with Gasteiger partial charge in [-0.25, -0.2) is 9.59 Å². The molecule has 1 atom stereocenters. The molecule has 0 saturated carbocycles. The van der Waals surface area contributed by atoms with Gasteiger partial charge in [-0.05, 0) is 13.3 Å². The standard InChI is InChI=1S/C9H16N2O3/c1-3-5-10-6-7(8(12)13)11(4-2)9(10)14/h7H,3-6H2,1-2H3,(H,12,13)/t7-/m0/s1. The Kier molecular flexibility index (Phi) is 3.33. The van der Waals surface area contributed by atoms with E-state index in [4.69, 9.17) is 5.11 Å². The van der Waals surface area contributed by atoms with Crippen LogP contribution in [0.5, 0.6) is 0 Å². The van der Waals surface area contributed by atoms with Crippen LogP contribution in [0.25, 0.3) is 0 Å². The van der Waals surface area contributed by atoms with E-state index >= 15 is 0 Å². The minimum Gasteiger partial charge on any atom is -0.480 e. The van der Waals surface area contributed by atoms with Gasteiger partial charge in [-0.2, -0.15) is 0 Å². The Morgan fingerprint density at radius 2 is 2.21 bits per heavy atom. The van der Waals surface area contributed by atoms with Gasteiger partial charge in [0, 0.05) is 13.1 Å². The third-order valence-corrected chi connectivity index (χ3v) is 2.41. The highest BCUT2D eigenvalue weighted by Crippen LogP contribution is 2.15. The first-order valence-corrected chi connectivity index (χ1v) is 4.90. The molecule has 0 aromatic heterocycles. The molecule has 2 amide bonds. The van der Waals surface area contributed by atoms with Crippen LogP contribution in [0, 0.1) is 0 Å². The molecule has 1 aliphatic rings. The lowest BCUT2D eigenvalue weighted by molar-refractivity contribution is -0.141. The van der Waals surface area contributed by atoms with Gasteiger partial charge in [0.05, 0.1) is 6.54 Å². The average Bonchev–Trinajstić information content (AvgIpc) is 2.44. The zero-order valence-electron chi connectivity index (χ0n) is 8.56. The summed E-state index contributed by atoms with van der Waals surface area (Å²) >= 11 is 0. The van der Waals surface area contributed by atoms with Gasteiger partial charge in [0.15, 0.2) is 0 Å². The first-order chi connectivity index (χ1) is 6.61. The van der Waals surface area contributed by atoms with Crippen molar-refractivity contribution in [1.29, 1.82) is 0 Å². The number of carboxylic acids is 1. The van der Waals surface area contributed by atoms with Crippen molar-refractivity contribution >= 4 is 12.0 Å². The monoisotopic (exact) mass is 200 g/mol. The molecule has 0 aliphatic carbocycles. The van der Waals surface area contributed by atoms with Crippen molar-refractivity contribution in [1.82, 2.24) is 9.80 Å². The summed E-state index contributed by atoms with van der Waals surface area (Å²) in [6.07, 6.45) is 0.857. The van der Waals surface area contributed by atoms with E-state index in [1.54, 1.807) is 11.8 Å². The summed E-state index contributed by atoms with van der Waals surface area (Å²) in [5.74, 6) is -0.918. The summed E-state index contributed by atoms with van der Waals surface area (Å²) in [6.45, 7) is 5.17. The third kappa shape index (κ3) is 1.81. The summed E-state index contributed by atoms with van der Waals surface area (Å²) in [7, 11) is 0. The smallest absolute Gasteiger partial charge is 0.328 e. The second kappa shape index (κ2) is 4.30. The molecule has 0 aromatic rings. The number of carbonyl (C=O) groups excluding carboxylic acids is 1. The van der Waals surface area contributed by atoms with E-state index in [1.165, 1.54) is 4.90 Å². The molecule has 0 aromatic carbocycles. The van der Waals surface area contributed by atoms with Crippen LogP contribution in [0.3, 0.4) is 0 Å². The first-order valence-electron chi connectivity index (χ1n) is 4.90. The predicted molar refractivity (Wildman–Crippen MR) is 51.1 cm³/mol. The Morgan fingerprint density at radius 1 is 1.57 bits per heavy atom. The van der Waals surface area contributed by atoms with Gasteiger partial charge in [-0.1, -0.05) is 6.92 Å². The quantitative estimate of drug-likeness (QED) is 0.723. The van der Waals surface area contributed by atoms with Crippen LogP contribution >= 0.6 is 0 Å². The van der Waals surface area contributed by atoms with Gasteiger partial charge in [0.25, 0.3) is 0 Å². The number of carbonyl (C=O) groups is 2. The van der Waals surface area contributed by atoms with Crippen molar-refractivity contribution in [2.45, 2.75) is 26.3 Å². The van der Waals surface area contributed by atoms with Gasteiger partial charge >= 0.3 is 12.0 Å². The zero-order chi connectivity index (χ0) is 10.7. The minimum atomic E-state index is -0.918. The van der Waals surface area contributed by atoms with Crippen LogP contribution in [-0.4, -0.2) is 52.6 Å². The first kappa shape index (κ1) is 10.8. The summed E-state index contributed by atoms with van der Waals surface area (Å²) in [6, 6.07) is -0.819. The van der Waals surface area contributed by atoms with Crippen molar-refractivity contribution in [3.63, 3.8) is 0 Å². The molecular weight excluding hydrogens is 184 g/mol. The second-order valence-corrected chi connectivity index (χ2v) is 3.37. The van der Waals surface area contributed by atoms with Gasteiger partial charge in [0.1, 0.15) is 6.04 Å². The number of hydrogen-bond acceptors (Lipinski definition) is 2. The molecular formula is C9H16N2O3. The van der Waals surface area contributed by atoms with E-state index in [0.29, 0.717) is 19.6 Å². The maximum Gasteiger partial charge on any atom is 0.328 e. The average molecular weight is 200 g/mol.